The highest BCUT2D eigenvalue weighted by atomic mass is 16.5. The summed E-state index contributed by atoms with van der Waals surface area (Å²) >= 11 is 0. The molecule has 0 aromatic heterocycles. The lowest BCUT2D eigenvalue weighted by Crippen LogP contribution is -2.48. The number of methoxy groups -OCH3 is 2. The summed E-state index contributed by atoms with van der Waals surface area (Å²) in [6.45, 7) is 3.02. The highest BCUT2D eigenvalue weighted by Gasteiger charge is 2.39. The Morgan fingerprint density at radius 1 is 1.29 bits per heavy atom. The number of likely N-dealkylation sites (N-methyl/N-ethyl adjacent to an activating group) is 1. The van der Waals surface area contributed by atoms with Crippen LogP contribution in [0.3, 0.4) is 0 Å². The first-order valence-electron chi connectivity index (χ1n) is 8.13. The zero-order valence-corrected chi connectivity index (χ0v) is 14.4. The average molecular weight is 332 g/mol. The van der Waals surface area contributed by atoms with Gasteiger partial charge in [-0.05, 0) is 25.3 Å². The van der Waals surface area contributed by atoms with Crippen LogP contribution >= 0.6 is 0 Å². The molecule has 2 saturated heterocycles. The zero-order chi connectivity index (χ0) is 17.1. The van der Waals surface area contributed by atoms with Crippen molar-refractivity contribution in [3.05, 3.63) is 29.8 Å². The third-order valence-electron chi connectivity index (χ3n) is 4.74. The molecule has 130 valence electrons. The van der Waals surface area contributed by atoms with Crippen molar-refractivity contribution in [2.24, 2.45) is 0 Å². The van der Waals surface area contributed by atoms with Crippen LogP contribution < -0.4 is 9.47 Å². The van der Waals surface area contributed by atoms with Crippen LogP contribution in [0.2, 0.25) is 0 Å². The number of amides is 1. The van der Waals surface area contributed by atoms with Gasteiger partial charge < -0.3 is 19.1 Å². The van der Waals surface area contributed by atoms with E-state index in [2.05, 4.69) is 11.9 Å². The number of fused-ring (bicyclic) bond motifs is 1. The van der Waals surface area contributed by atoms with Crippen molar-refractivity contribution in [3.63, 3.8) is 0 Å². The van der Waals surface area contributed by atoms with Gasteiger partial charge in [-0.15, -0.1) is 0 Å². The van der Waals surface area contributed by atoms with Gasteiger partial charge in [-0.3, -0.25) is 9.69 Å². The van der Waals surface area contributed by atoms with Gasteiger partial charge in [0.05, 0.1) is 33.0 Å². The molecule has 6 nitrogen and oxygen atoms in total. The van der Waals surface area contributed by atoms with Crippen LogP contribution in [0.15, 0.2) is 24.3 Å². The van der Waals surface area contributed by atoms with E-state index in [4.69, 9.17) is 14.2 Å². The van der Waals surface area contributed by atoms with Crippen LogP contribution in [0.5, 0.6) is 11.5 Å². The van der Waals surface area contributed by atoms with E-state index in [0.29, 0.717) is 24.9 Å². The Morgan fingerprint density at radius 3 is 2.83 bits per heavy atom. The summed E-state index contributed by atoms with van der Waals surface area (Å²) in [6.07, 6.45) is 3.51. The van der Waals surface area contributed by atoms with E-state index in [1.165, 1.54) is 0 Å². The van der Waals surface area contributed by atoms with Crippen molar-refractivity contribution in [2.45, 2.75) is 12.1 Å². The highest BCUT2D eigenvalue weighted by molar-refractivity contribution is 5.92. The monoisotopic (exact) mass is 332 g/mol. The normalized spacial score (nSPS) is 24.2. The lowest BCUT2D eigenvalue weighted by molar-refractivity contribution is -0.125. The second-order valence-electron chi connectivity index (χ2n) is 6.14. The fourth-order valence-corrected chi connectivity index (χ4v) is 3.26. The Bertz CT molecular complexity index is 631. The van der Waals surface area contributed by atoms with Crippen molar-refractivity contribution < 1.29 is 19.0 Å². The Morgan fingerprint density at radius 2 is 2.12 bits per heavy atom. The summed E-state index contributed by atoms with van der Waals surface area (Å²) in [5, 5.41) is 0. The summed E-state index contributed by atoms with van der Waals surface area (Å²) in [5.41, 5.74) is 0.844. The zero-order valence-electron chi connectivity index (χ0n) is 14.4. The SMILES string of the molecule is COc1ccc(/C=C/C(=O)N2C[C@H]3OCCN(C)[C@H]3C2)c(OC)c1. The second kappa shape index (κ2) is 7.23. The highest BCUT2D eigenvalue weighted by Crippen LogP contribution is 2.26. The Hall–Kier alpha value is -2.05. The summed E-state index contributed by atoms with van der Waals surface area (Å²) in [7, 11) is 5.30. The number of rotatable bonds is 4. The fraction of sp³-hybridized carbons (Fsp3) is 0.500. The van der Waals surface area contributed by atoms with Crippen LogP contribution in [-0.2, 0) is 9.53 Å². The lowest BCUT2D eigenvalue weighted by atomic mass is 10.1. The first-order valence-corrected chi connectivity index (χ1v) is 8.13. The molecule has 0 aliphatic carbocycles. The predicted octanol–water partition coefficient (Wildman–Crippen LogP) is 1.26. The molecule has 1 aromatic rings. The molecule has 2 heterocycles. The maximum Gasteiger partial charge on any atom is 0.246 e. The molecule has 0 saturated carbocycles. The molecular weight excluding hydrogens is 308 g/mol. The summed E-state index contributed by atoms with van der Waals surface area (Å²) < 4.78 is 16.3. The Balaban J connectivity index is 1.68. The molecule has 0 spiro atoms. The number of likely N-dealkylation sites (tertiary alicyclic amines) is 1. The molecule has 3 rings (SSSR count). The number of hydrogen-bond acceptors (Lipinski definition) is 5. The van der Waals surface area contributed by atoms with Crippen molar-refractivity contribution >= 4 is 12.0 Å². The quantitative estimate of drug-likeness (QED) is 0.777. The van der Waals surface area contributed by atoms with Crippen molar-refractivity contribution in [1.29, 1.82) is 0 Å². The lowest BCUT2D eigenvalue weighted by Gasteiger charge is -2.33. The first-order chi connectivity index (χ1) is 11.6. The summed E-state index contributed by atoms with van der Waals surface area (Å²) in [6, 6.07) is 5.82. The molecular formula is C18H24N2O4. The number of carbonyl (C=O) groups is 1. The largest absolute Gasteiger partial charge is 0.497 e. The fourth-order valence-electron chi connectivity index (χ4n) is 3.26. The molecule has 0 N–H and O–H groups in total. The molecule has 1 amide bonds. The van der Waals surface area contributed by atoms with E-state index in [1.807, 2.05) is 17.0 Å². The van der Waals surface area contributed by atoms with Crippen molar-refractivity contribution in [3.8, 4) is 11.5 Å². The number of morpholine rings is 1. The van der Waals surface area contributed by atoms with Crippen LogP contribution in [-0.4, -0.2) is 75.4 Å². The molecule has 2 fully saturated rings. The van der Waals surface area contributed by atoms with Gasteiger partial charge in [0.25, 0.3) is 0 Å². The van der Waals surface area contributed by atoms with Crippen LogP contribution in [0.25, 0.3) is 6.08 Å². The van der Waals surface area contributed by atoms with Crippen molar-refractivity contribution in [1.82, 2.24) is 9.80 Å². The molecule has 0 radical (unpaired) electrons. The number of nitrogens with zero attached hydrogens (tertiary/aromatic N) is 2. The van der Waals surface area contributed by atoms with Crippen LogP contribution in [0, 0.1) is 0 Å². The Labute approximate surface area is 142 Å². The number of carbonyl (C=O) groups excluding carboxylic acids is 1. The van der Waals surface area contributed by atoms with Gasteiger partial charge >= 0.3 is 0 Å². The number of benzene rings is 1. The molecule has 24 heavy (non-hydrogen) atoms. The van der Waals surface area contributed by atoms with Gasteiger partial charge in [-0.2, -0.15) is 0 Å². The third kappa shape index (κ3) is 3.39. The minimum Gasteiger partial charge on any atom is -0.497 e. The molecule has 0 unspecified atom stereocenters. The smallest absolute Gasteiger partial charge is 0.246 e. The predicted molar refractivity (Wildman–Crippen MR) is 91.3 cm³/mol. The molecule has 1 aromatic carbocycles. The van der Waals surface area contributed by atoms with Gasteiger partial charge in [0, 0.05) is 37.3 Å². The Kier molecular flexibility index (Phi) is 5.06. The van der Waals surface area contributed by atoms with Crippen LogP contribution in [0.4, 0.5) is 0 Å². The summed E-state index contributed by atoms with van der Waals surface area (Å²) in [5.74, 6) is 1.40. The van der Waals surface area contributed by atoms with Gasteiger partial charge in [-0.1, -0.05) is 0 Å². The third-order valence-corrected chi connectivity index (χ3v) is 4.74. The van der Waals surface area contributed by atoms with E-state index in [1.54, 1.807) is 32.4 Å². The second-order valence-corrected chi connectivity index (χ2v) is 6.14. The average Bonchev–Trinajstić information content (AvgIpc) is 3.05. The van der Waals surface area contributed by atoms with E-state index >= 15 is 0 Å². The molecule has 6 heteroatoms. The first kappa shape index (κ1) is 16.8. The minimum absolute atomic E-state index is 0.000675. The van der Waals surface area contributed by atoms with E-state index < -0.39 is 0 Å². The maximum atomic E-state index is 12.5. The van der Waals surface area contributed by atoms with Gasteiger partial charge in [0.1, 0.15) is 11.5 Å². The van der Waals surface area contributed by atoms with E-state index in [9.17, 15) is 4.79 Å². The van der Waals surface area contributed by atoms with Gasteiger partial charge in [0.2, 0.25) is 5.91 Å². The maximum absolute atomic E-state index is 12.5. The molecule has 0 bridgehead atoms. The van der Waals surface area contributed by atoms with Gasteiger partial charge in [0.15, 0.2) is 0 Å². The molecule has 2 atom stereocenters. The van der Waals surface area contributed by atoms with Gasteiger partial charge in [-0.25, -0.2) is 0 Å². The van der Waals surface area contributed by atoms with E-state index in [0.717, 1.165) is 24.5 Å². The van der Waals surface area contributed by atoms with E-state index in [-0.39, 0.29) is 12.0 Å². The van der Waals surface area contributed by atoms with Crippen LogP contribution in [0.1, 0.15) is 5.56 Å². The molecule has 2 aliphatic heterocycles. The minimum atomic E-state index is -0.000675. The molecule has 2 aliphatic rings. The topological polar surface area (TPSA) is 51.2 Å². The number of hydrogen-bond donors (Lipinski definition) is 0. The van der Waals surface area contributed by atoms with Crippen molar-refractivity contribution in [2.75, 3.05) is 47.5 Å². The number of ether oxygens (including phenoxy) is 3. The standard InChI is InChI=1S/C18H24N2O4/c1-19-8-9-24-17-12-20(11-15(17)19)18(21)7-5-13-4-6-14(22-2)10-16(13)23-3/h4-7,10,15,17H,8-9,11-12H2,1-3H3/b7-5+/t15-,17+/m0/s1. The summed E-state index contributed by atoms with van der Waals surface area (Å²) in [4.78, 5) is 16.6.